The molecule has 0 fully saturated rings. The Morgan fingerprint density at radius 2 is 2.00 bits per heavy atom. The Morgan fingerprint density at radius 1 is 1.24 bits per heavy atom. The number of ether oxygens (including phenoxy) is 1. The fourth-order valence-corrected chi connectivity index (χ4v) is 1.17. The third-order valence-electron chi connectivity index (χ3n) is 1.93. The van der Waals surface area contributed by atoms with Crippen LogP contribution >= 0.6 is 0 Å². The number of hydrogen-bond acceptors (Lipinski definition) is 3. The molecule has 88 valence electrons. The van der Waals surface area contributed by atoms with Gasteiger partial charge in [-0.25, -0.2) is 8.78 Å². The van der Waals surface area contributed by atoms with Crippen LogP contribution in [-0.4, -0.2) is 5.91 Å². The third-order valence-corrected chi connectivity index (χ3v) is 1.93. The fourth-order valence-electron chi connectivity index (χ4n) is 1.17. The van der Waals surface area contributed by atoms with Crippen LogP contribution in [0.2, 0.25) is 0 Å². The van der Waals surface area contributed by atoms with E-state index in [0.717, 1.165) is 12.1 Å². The Labute approximate surface area is 94.6 Å². The molecule has 0 aliphatic carbocycles. The fraction of sp³-hybridized carbons (Fsp3) is 0. The highest BCUT2D eigenvalue weighted by Crippen LogP contribution is 2.26. The van der Waals surface area contributed by atoms with Gasteiger partial charge in [0, 0.05) is 12.1 Å². The molecule has 1 aromatic carbocycles. The normalized spacial score (nSPS) is 10.2. The number of carbonyl (C=O) groups is 1. The first-order valence-corrected chi connectivity index (χ1v) is 4.59. The minimum Gasteiger partial charge on any atom is -0.423 e. The maximum absolute atomic E-state index is 13.2. The van der Waals surface area contributed by atoms with Crippen LogP contribution in [0, 0.1) is 11.6 Å². The largest absolute Gasteiger partial charge is 0.423 e. The Balaban J connectivity index is 2.22. The number of hydrogen-bond donors (Lipinski definition) is 1. The van der Waals surface area contributed by atoms with Gasteiger partial charge in [0.1, 0.15) is 5.82 Å². The molecule has 0 saturated heterocycles. The van der Waals surface area contributed by atoms with Crippen molar-refractivity contribution in [3.05, 3.63) is 47.7 Å². The van der Waals surface area contributed by atoms with Crippen LogP contribution in [0.1, 0.15) is 10.6 Å². The Kier molecular flexibility index (Phi) is 2.78. The number of halogens is 2. The minimum absolute atomic E-state index is 0.107. The van der Waals surface area contributed by atoms with Crippen LogP contribution in [0.3, 0.4) is 0 Å². The first-order valence-electron chi connectivity index (χ1n) is 4.59. The number of amides is 1. The topological polar surface area (TPSA) is 65.5 Å². The summed E-state index contributed by atoms with van der Waals surface area (Å²) in [6.45, 7) is 0. The molecule has 0 spiro atoms. The number of carbonyl (C=O) groups excluding carboxylic acids is 1. The highest BCUT2D eigenvalue weighted by Gasteiger charge is 2.11. The second kappa shape index (κ2) is 4.25. The summed E-state index contributed by atoms with van der Waals surface area (Å²) in [5.74, 6) is -2.78. The third kappa shape index (κ3) is 2.41. The van der Waals surface area contributed by atoms with Gasteiger partial charge >= 0.3 is 0 Å². The van der Waals surface area contributed by atoms with Crippen molar-refractivity contribution in [1.29, 1.82) is 0 Å². The first kappa shape index (κ1) is 11.1. The lowest BCUT2D eigenvalue weighted by Crippen LogP contribution is -2.09. The molecule has 2 aromatic rings. The van der Waals surface area contributed by atoms with E-state index in [2.05, 4.69) is 0 Å². The molecule has 0 atom stereocenters. The number of furan rings is 1. The number of rotatable bonds is 3. The summed E-state index contributed by atoms with van der Waals surface area (Å²) >= 11 is 0. The average molecular weight is 239 g/mol. The van der Waals surface area contributed by atoms with Gasteiger partial charge in [-0.05, 0) is 18.2 Å². The standard InChI is InChI=1S/C11H7F2NO3/c12-6-1-2-8(7(13)5-6)16-10-4-3-9(17-10)11(14)15/h1-5H,(H2,14,15). The van der Waals surface area contributed by atoms with Crippen molar-refractivity contribution in [1.82, 2.24) is 0 Å². The lowest BCUT2D eigenvalue weighted by atomic mass is 10.3. The van der Waals surface area contributed by atoms with E-state index in [1.807, 2.05) is 0 Å². The van der Waals surface area contributed by atoms with Crippen LogP contribution in [0.25, 0.3) is 0 Å². The number of primary amides is 1. The summed E-state index contributed by atoms with van der Waals surface area (Å²) in [5.41, 5.74) is 4.96. The molecular formula is C11H7F2NO3. The smallest absolute Gasteiger partial charge is 0.290 e. The van der Waals surface area contributed by atoms with Crippen molar-refractivity contribution in [2.45, 2.75) is 0 Å². The summed E-state index contributed by atoms with van der Waals surface area (Å²) in [5, 5.41) is 0. The molecular weight excluding hydrogens is 232 g/mol. The van der Waals surface area contributed by atoms with Gasteiger partial charge in [0.2, 0.25) is 0 Å². The molecule has 0 aliphatic rings. The Morgan fingerprint density at radius 3 is 2.59 bits per heavy atom. The molecule has 1 amide bonds. The molecule has 2 rings (SSSR count). The van der Waals surface area contributed by atoms with Gasteiger partial charge in [0.15, 0.2) is 17.3 Å². The molecule has 0 radical (unpaired) electrons. The van der Waals surface area contributed by atoms with E-state index in [1.54, 1.807) is 0 Å². The molecule has 17 heavy (non-hydrogen) atoms. The van der Waals surface area contributed by atoms with E-state index in [0.29, 0.717) is 6.07 Å². The van der Waals surface area contributed by atoms with Gasteiger partial charge < -0.3 is 14.9 Å². The van der Waals surface area contributed by atoms with E-state index < -0.39 is 17.5 Å². The van der Waals surface area contributed by atoms with Crippen molar-refractivity contribution < 1.29 is 22.7 Å². The summed E-state index contributed by atoms with van der Waals surface area (Å²) in [7, 11) is 0. The van der Waals surface area contributed by atoms with Crippen LogP contribution in [0.4, 0.5) is 8.78 Å². The molecule has 1 heterocycles. The first-order chi connectivity index (χ1) is 8.06. The lowest BCUT2D eigenvalue weighted by molar-refractivity contribution is 0.0969. The highest BCUT2D eigenvalue weighted by atomic mass is 19.1. The monoisotopic (exact) mass is 239 g/mol. The van der Waals surface area contributed by atoms with Gasteiger partial charge in [-0.1, -0.05) is 0 Å². The van der Waals surface area contributed by atoms with E-state index in [9.17, 15) is 13.6 Å². The van der Waals surface area contributed by atoms with Crippen molar-refractivity contribution in [2.24, 2.45) is 5.73 Å². The van der Waals surface area contributed by atoms with Crippen LogP contribution in [0.15, 0.2) is 34.7 Å². The number of nitrogens with two attached hydrogens (primary N) is 1. The predicted molar refractivity (Wildman–Crippen MR) is 53.7 cm³/mol. The zero-order valence-electron chi connectivity index (χ0n) is 8.44. The van der Waals surface area contributed by atoms with Gasteiger partial charge in [-0.2, -0.15) is 0 Å². The van der Waals surface area contributed by atoms with Gasteiger partial charge in [-0.15, -0.1) is 0 Å². The zero-order valence-corrected chi connectivity index (χ0v) is 8.44. The van der Waals surface area contributed by atoms with Crippen LogP contribution in [-0.2, 0) is 0 Å². The van der Waals surface area contributed by atoms with Gasteiger partial charge in [0.05, 0.1) is 0 Å². The average Bonchev–Trinajstić information content (AvgIpc) is 2.71. The molecule has 0 bridgehead atoms. The Bertz CT molecular complexity index is 566. The predicted octanol–water partition coefficient (Wildman–Crippen LogP) is 2.45. The molecule has 4 nitrogen and oxygen atoms in total. The SMILES string of the molecule is NC(=O)c1ccc(Oc2ccc(F)cc2F)o1. The van der Waals surface area contributed by atoms with Crippen LogP contribution < -0.4 is 10.5 Å². The second-order valence-electron chi connectivity index (χ2n) is 3.16. The minimum atomic E-state index is -0.873. The van der Waals surface area contributed by atoms with Crippen molar-refractivity contribution in [3.8, 4) is 11.7 Å². The molecule has 0 aliphatic heterocycles. The molecule has 6 heteroatoms. The summed E-state index contributed by atoms with van der Waals surface area (Å²) < 4.78 is 35.7. The summed E-state index contributed by atoms with van der Waals surface area (Å²) in [6.07, 6.45) is 0. The summed E-state index contributed by atoms with van der Waals surface area (Å²) in [4.78, 5) is 10.7. The quantitative estimate of drug-likeness (QED) is 0.894. The highest BCUT2D eigenvalue weighted by molar-refractivity contribution is 5.89. The van der Waals surface area contributed by atoms with Crippen molar-refractivity contribution >= 4 is 5.91 Å². The van der Waals surface area contributed by atoms with E-state index in [4.69, 9.17) is 14.9 Å². The van der Waals surface area contributed by atoms with E-state index in [1.165, 1.54) is 12.1 Å². The van der Waals surface area contributed by atoms with Crippen molar-refractivity contribution in [3.63, 3.8) is 0 Å². The maximum atomic E-state index is 13.2. The molecule has 1 aromatic heterocycles. The van der Waals surface area contributed by atoms with Crippen molar-refractivity contribution in [2.75, 3.05) is 0 Å². The Hall–Kier alpha value is -2.37. The molecule has 2 N–H and O–H groups in total. The zero-order chi connectivity index (χ0) is 12.4. The molecule has 0 unspecified atom stereocenters. The second-order valence-corrected chi connectivity index (χ2v) is 3.16. The van der Waals surface area contributed by atoms with E-state index in [-0.39, 0.29) is 17.5 Å². The van der Waals surface area contributed by atoms with E-state index >= 15 is 0 Å². The summed E-state index contributed by atoms with van der Waals surface area (Å²) in [6, 6.07) is 5.42. The lowest BCUT2D eigenvalue weighted by Gasteiger charge is -2.02. The maximum Gasteiger partial charge on any atom is 0.290 e. The van der Waals surface area contributed by atoms with Gasteiger partial charge in [-0.3, -0.25) is 4.79 Å². The van der Waals surface area contributed by atoms with Crippen LogP contribution in [0.5, 0.6) is 11.7 Å². The number of benzene rings is 1. The van der Waals surface area contributed by atoms with Gasteiger partial charge in [0.25, 0.3) is 11.9 Å². The molecule has 0 saturated carbocycles.